The molecular formula is C23H44N2O3. The fourth-order valence-corrected chi connectivity index (χ4v) is 4.35. The largest absolute Gasteiger partial charge is 0.544 e. The number of unbranched alkanes of at least 4 members (excludes halogenated alkanes) is 12. The Labute approximate surface area is 172 Å². The number of rotatable bonds is 19. The molecule has 28 heavy (non-hydrogen) atoms. The van der Waals surface area contributed by atoms with Gasteiger partial charge < -0.3 is 15.0 Å². The molecule has 5 heteroatoms. The molecule has 1 aliphatic rings. The van der Waals surface area contributed by atoms with E-state index in [9.17, 15) is 9.90 Å². The lowest BCUT2D eigenvalue weighted by molar-refractivity contribution is -0.831. The van der Waals surface area contributed by atoms with Crippen molar-refractivity contribution in [3.8, 4) is 0 Å². The molecule has 0 aromatic carbocycles. The molecule has 0 amide bonds. The zero-order chi connectivity index (χ0) is 20.5. The number of aliphatic carboxylic acids is 1. The third-order valence-electron chi connectivity index (χ3n) is 6.05. The summed E-state index contributed by atoms with van der Waals surface area (Å²) in [7, 11) is 0. The Bertz CT molecular complexity index is 440. The van der Waals surface area contributed by atoms with E-state index >= 15 is 0 Å². The number of amidine groups is 1. The van der Waals surface area contributed by atoms with Crippen LogP contribution in [0.1, 0.15) is 103 Å². The Kier molecular flexibility index (Phi) is 14.3. The Morgan fingerprint density at radius 3 is 2.04 bits per heavy atom. The molecule has 0 bridgehead atoms. The second-order valence-electron chi connectivity index (χ2n) is 8.49. The summed E-state index contributed by atoms with van der Waals surface area (Å²) in [4.78, 5) is 15.9. The lowest BCUT2D eigenvalue weighted by Gasteiger charge is -2.35. The van der Waals surface area contributed by atoms with Crippen molar-refractivity contribution in [2.75, 3.05) is 32.8 Å². The van der Waals surface area contributed by atoms with E-state index in [2.05, 4.69) is 11.9 Å². The van der Waals surface area contributed by atoms with E-state index in [1.54, 1.807) is 0 Å². The number of carbonyl (C=O) groups is 1. The molecule has 0 aromatic heterocycles. The lowest BCUT2D eigenvalue weighted by atomic mass is 10.0. The van der Waals surface area contributed by atoms with Crippen molar-refractivity contribution in [3.63, 3.8) is 0 Å². The van der Waals surface area contributed by atoms with Crippen LogP contribution in [-0.2, 0) is 4.79 Å². The van der Waals surface area contributed by atoms with Gasteiger partial charge in [0.25, 0.3) is 0 Å². The van der Waals surface area contributed by atoms with Crippen LogP contribution < -0.4 is 5.11 Å². The maximum atomic E-state index is 11.3. The van der Waals surface area contributed by atoms with Gasteiger partial charge in [0.2, 0.25) is 0 Å². The molecule has 5 nitrogen and oxygen atoms in total. The molecule has 0 spiro atoms. The number of carbonyl (C=O) groups excluding carboxylic acids is 1. The van der Waals surface area contributed by atoms with Gasteiger partial charge in [-0.25, -0.2) is 4.99 Å². The highest BCUT2D eigenvalue weighted by molar-refractivity contribution is 5.79. The zero-order valence-electron chi connectivity index (χ0n) is 18.3. The summed E-state index contributed by atoms with van der Waals surface area (Å²) in [6, 6.07) is 0. The number of aliphatic hydroxyl groups excluding tert-OH is 1. The summed E-state index contributed by atoms with van der Waals surface area (Å²) < 4.78 is 0.459. The van der Waals surface area contributed by atoms with Gasteiger partial charge in [0.1, 0.15) is 13.1 Å². The van der Waals surface area contributed by atoms with E-state index in [1.165, 1.54) is 70.6 Å². The smallest absolute Gasteiger partial charge is 0.198 e. The number of quaternary nitrogens is 1. The monoisotopic (exact) mass is 396 g/mol. The molecule has 1 heterocycles. The van der Waals surface area contributed by atoms with Gasteiger partial charge in [-0.3, -0.25) is 4.48 Å². The summed E-state index contributed by atoms with van der Waals surface area (Å²) in [5, 5.41) is 20.3. The molecule has 164 valence electrons. The van der Waals surface area contributed by atoms with Crippen LogP contribution in [-0.4, -0.2) is 54.2 Å². The van der Waals surface area contributed by atoms with E-state index in [-0.39, 0.29) is 13.2 Å². The molecule has 0 saturated heterocycles. The van der Waals surface area contributed by atoms with Gasteiger partial charge in [-0.05, 0) is 19.3 Å². The van der Waals surface area contributed by atoms with Gasteiger partial charge in [-0.15, -0.1) is 0 Å². The predicted molar refractivity (Wildman–Crippen MR) is 114 cm³/mol. The van der Waals surface area contributed by atoms with E-state index in [4.69, 9.17) is 5.11 Å². The molecular weight excluding hydrogens is 352 g/mol. The van der Waals surface area contributed by atoms with Crippen molar-refractivity contribution < 1.29 is 19.5 Å². The number of carboxylic acids is 1. The summed E-state index contributed by atoms with van der Waals surface area (Å²) in [6.07, 6.45) is 18.4. The number of hydrogen-bond acceptors (Lipinski definition) is 4. The number of carboxylic acid groups (broad SMARTS) is 1. The SMILES string of the molecule is CCCCCCCCCCCCCCC1=NCC[N+]1(CCCCO)CC(=O)[O-]. The molecule has 1 unspecified atom stereocenters. The molecule has 1 rings (SSSR count). The maximum absolute atomic E-state index is 11.3. The Balaban J connectivity index is 2.16. The number of aliphatic hydroxyl groups is 1. The van der Waals surface area contributed by atoms with Crippen molar-refractivity contribution in [3.05, 3.63) is 0 Å². The third kappa shape index (κ3) is 10.6. The molecule has 0 radical (unpaired) electrons. The first kappa shape index (κ1) is 25.1. The van der Waals surface area contributed by atoms with E-state index in [0.29, 0.717) is 4.48 Å². The van der Waals surface area contributed by atoms with Crippen LogP contribution in [0.15, 0.2) is 4.99 Å². The first-order valence-electron chi connectivity index (χ1n) is 11.9. The molecule has 1 atom stereocenters. The Morgan fingerprint density at radius 2 is 1.50 bits per heavy atom. The zero-order valence-corrected chi connectivity index (χ0v) is 18.3. The predicted octanol–water partition coefficient (Wildman–Crippen LogP) is 3.83. The van der Waals surface area contributed by atoms with Gasteiger partial charge in [-0.1, -0.05) is 77.6 Å². The third-order valence-corrected chi connectivity index (χ3v) is 6.05. The van der Waals surface area contributed by atoms with Crippen molar-refractivity contribution in [1.29, 1.82) is 0 Å². The second-order valence-corrected chi connectivity index (χ2v) is 8.49. The van der Waals surface area contributed by atoms with Crippen molar-refractivity contribution in [2.24, 2.45) is 4.99 Å². The highest BCUT2D eigenvalue weighted by atomic mass is 16.4. The van der Waals surface area contributed by atoms with Crippen molar-refractivity contribution in [2.45, 2.75) is 103 Å². The average molecular weight is 397 g/mol. The highest BCUT2D eigenvalue weighted by Crippen LogP contribution is 2.21. The first-order valence-corrected chi connectivity index (χ1v) is 11.9. The Hall–Kier alpha value is -0.940. The molecule has 0 aliphatic carbocycles. The normalized spacial score (nSPS) is 19.1. The van der Waals surface area contributed by atoms with Crippen LogP contribution in [0.3, 0.4) is 0 Å². The van der Waals surface area contributed by atoms with Gasteiger partial charge >= 0.3 is 0 Å². The molecule has 1 aliphatic heterocycles. The van der Waals surface area contributed by atoms with E-state index in [0.717, 1.165) is 51.2 Å². The Morgan fingerprint density at radius 1 is 0.929 bits per heavy atom. The minimum absolute atomic E-state index is 0.0303. The summed E-state index contributed by atoms with van der Waals surface area (Å²) in [5.74, 6) is 0.0579. The quantitative estimate of drug-likeness (QED) is 0.266. The molecule has 1 N–H and O–H groups in total. The maximum Gasteiger partial charge on any atom is 0.198 e. The number of nitrogens with zero attached hydrogens (tertiary/aromatic N) is 2. The average Bonchev–Trinajstić information content (AvgIpc) is 3.04. The summed E-state index contributed by atoms with van der Waals surface area (Å²) in [6.45, 7) is 4.71. The van der Waals surface area contributed by atoms with Crippen LogP contribution in [0, 0.1) is 0 Å². The fraction of sp³-hybridized carbons (Fsp3) is 0.913. The van der Waals surface area contributed by atoms with E-state index in [1.807, 2.05) is 0 Å². The number of hydrogen-bond donors (Lipinski definition) is 1. The van der Waals surface area contributed by atoms with Crippen LogP contribution in [0.2, 0.25) is 0 Å². The topological polar surface area (TPSA) is 72.7 Å². The number of aliphatic imine (C=N–C) groups is 1. The van der Waals surface area contributed by atoms with Crippen molar-refractivity contribution in [1.82, 2.24) is 0 Å². The van der Waals surface area contributed by atoms with Crippen LogP contribution in [0.25, 0.3) is 0 Å². The van der Waals surface area contributed by atoms with Crippen LogP contribution in [0.4, 0.5) is 0 Å². The first-order chi connectivity index (χ1) is 13.6. The van der Waals surface area contributed by atoms with Gasteiger partial charge in [0.15, 0.2) is 5.84 Å². The minimum Gasteiger partial charge on any atom is -0.544 e. The minimum atomic E-state index is -0.992. The molecule has 0 fully saturated rings. The molecule has 0 saturated carbocycles. The summed E-state index contributed by atoms with van der Waals surface area (Å²) in [5.41, 5.74) is 0. The van der Waals surface area contributed by atoms with Crippen LogP contribution in [0.5, 0.6) is 0 Å². The van der Waals surface area contributed by atoms with Gasteiger partial charge in [-0.2, -0.15) is 0 Å². The van der Waals surface area contributed by atoms with Gasteiger partial charge in [0, 0.05) is 13.0 Å². The lowest BCUT2D eigenvalue weighted by Crippen LogP contribution is -2.56. The fourth-order valence-electron chi connectivity index (χ4n) is 4.35. The van der Waals surface area contributed by atoms with Gasteiger partial charge in [0.05, 0.1) is 19.1 Å². The highest BCUT2D eigenvalue weighted by Gasteiger charge is 2.37. The standard InChI is InChI=1S/C23H44N2O3/c1-2-3-4-5-6-7-8-9-10-11-12-13-16-22-24-17-19-25(22,21-23(27)28)18-14-15-20-26/h26H,2-21H2,1H3. The van der Waals surface area contributed by atoms with Crippen LogP contribution >= 0.6 is 0 Å². The second kappa shape index (κ2) is 15.9. The summed E-state index contributed by atoms with van der Waals surface area (Å²) >= 11 is 0. The van der Waals surface area contributed by atoms with Crippen molar-refractivity contribution >= 4 is 11.8 Å². The van der Waals surface area contributed by atoms with E-state index < -0.39 is 5.97 Å². The molecule has 0 aromatic rings.